The SMILES string of the molecule is COCC(=O)c1ccccc1OC(F)(F)F. The van der Waals surface area contributed by atoms with Gasteiger partial charge in [0.15, 0.2) is 5.78 Å². The summed E-state index contributed by atoms with van der Waals surface area (Å²) in [4.78, 5) is 11.4. The lowest BCUT2D eigenvalue weighted by Crippen LogP contribution is -2.19. The van der Waals surface area contributed by atoms with E-state index in [-0.39, 0.29) is 12.2 Å². The molecule has 1 aromatic rings. The summed E-state index contributed by atoms with van der Waals surface area (Å²) in [7, 11) is 1.28. The topological polar surface area (TPSA) is 35.5 Å². The van der Waals surface area contributed by atoms with Crippen LogP contribution in [0.4, 0.5) is 13.2 Å². The Labute approximate surface area is 89.8 Å². The van der Waals surface area contributed by atoms with Gasteiger partial charge in [0.2, 0.25) is 0 Å². The van der Waals surface area contributed by atoms with E-state index in [0.29, 0.717) is 0 Å². The van der Waals surface area contributed by atoms with Crippen molar-refractivity contribution in [3.63, 3.8) is 0 Å². The molecule has 0 aliphatic rings. The Balaban J connectivity index is 2.96. The van der Waals surface area contributed by atoms with Crippen LogP contribution in [-0.2, 0) is 4.74 Å². The molecule has 0 spiro atoms. The predicted molar refractivity (Wildman–Crippen MR) is 49.3 cm³/mol. The average Bonchev–Trinajstić information content (AvgIpc) is 2.16. The predicted octanol–water partition coefficient (Wildman–Crippen LogP) is 2.41. The molecule has 0 bridgehead atoms. The van der Waals surface area contributed by atoms with Gasteiger partial charge in [-0.05, 0) is 12.1 Å². The van der Waals surface area contributed by atoms with Crippen molar-refractivity contribution in [3.05, 3.63) is 29.8 Å². The molecule has 0 radical (unpaired) electrons. The van der Waals surface area contributed by atoms with Gasteiger partial charge in [-0.1, -0.05) is 12.1 Å². The van der Waals surface area contributed by atoms with Gasteiger partial charge in [0.05, 0.1) is 5.56 Å². The lowest BCUT2D eigenvalue weighted by molar-refractivity contribution is -0.274. The molecular weight excluding hydrogens is 225 g/mol. The van der Waals surface area contributed by atoms with Gasteiger partial charge in [0.25, 0.3) is 0 Å². The molecule has 0 atom stereocenters. The van der Waals surface area contributed by atoms with E-state index in [1.165, 1.54) is 25.3 Å². The molecule has 1 aromatic carbocycles. The summed E-state index contributed by atoms with van der Waals surface area (Å²) in [5, 5.41) is 0. The van der Waals surface area contributed by atoms with Crippen molar-refractivity contribution in [2.75, 3.05) is 13.7 Å². The molecule has 0 fully saturated rings. The van der Waals surface area contributed by atoms with E-state index < -0.39 is 17.9 Å². The third-order valence-electron chi connectivity index (χ3n) is 1.69. The number of rotatable bonds is 4. The number of para-hydroxylation sites is 1. The van der Waals surface area contributed by atoms with Gasteiger partial charge in [-0.2, -0.15) is 0 Å². The third kappa shape index (κ3) is 3.54. The van der Waals surface area contributed by atoms with Crippen LogP contribution in [0.25, 0.3) is 0 Å². The molecule has 0 aromatic heterocycles. The van der Waals surface area contributed by atoms with Crippen molar-refractivity contribution >= 4 is 5.78 Å². The first-order valence-corrected chi connectivity index (χ1v) is 4.31. The summed E-state index contributed by atoms with van der Waals surface area (Å²) in [6.45, 7) is -0.293. The minimum Gasteiger partial charge on any atom is -0.405 e. The largest absolute Gasteiger partial charge is 0.573 e. The number of hydrogen-bond donors (Lipinski definition) is 0. The molecule has 0 saturated carbocycles. The number of alkyl halides is 3. The van der Waals surface area contributed by atoms with Crippen molar-refractivity contribution in [3.8, 4) is 5.75 Å². The highest BCUT2D eigenvalue weighted by atomic mass is 19.4. The zero-order valence-electron chi connectivity index (χ0n) is 8.38. The van der Waals surface area contributed by atoms with Crippen LogP contribution in [0.2, 0.25) is 0 Å². The van der Waals surface area contributed by atoms with Gasteiger partial charge in [-0.25, -0.2) is 0 Å². The normalized spacial score (nSPS) is 11.2. The number of ether oxygens (including phenoxy) is 2. The quantitative estimate of drug-likeness (QED) is 0.750. The van der Waals surface area contributed by atoms with E-state index in [1.54, 1.807) is 0 Å². The highest BCUT2D eigenvalue weighted by molar-refractivity contribution is 5.99. The maximum absolute atomic E-state index is 12.0. The molecule has 6 heteroatoms. The zero-order chi connectivity index (χ0) is 12.2. The minimum atomic E-state index is -4.82. The molecule has 16 heavy (non-hydrogen) atoms. The number of carbonyl (C=O) groups is 1. The lowest BCUT2D eigenvalue weighted by Gasteiger charge is -2.11. The fraction of sp³-hybridized carbons (Fsp3) is 0.300. The molecule has 0 aliphatic carbocycles. The van der Waals surface area contributed by atoms with Gasteiger partial charge < -0.3 is 9.47 Å². The number of ketones is 1. The smallest absolute Gasteiger partial charge is 0.405 e. The first kappa shape index (κ1) is 12.5. The van der Waals surface area contributed by atoms with E-state index >= 15 is 0 Å². The Morgan fingerprint density at radius 1 is 1.31 bits per heavy atom. The first-order valence-electron chi connectivity index (χ1n) is 4.31. The highest BCUT2D eigenvalue weighted by Crippen LogP contribution is 2.26. The van der Waals surface area contributed by atoms with E-state index in [9.17, 15) is 18.0 Å². The molecule has 0 heterocycles. The Bertz CT molecular complexity index is 374. The summed E-state index contributed by atoms with van der Waals surface area (Å²) in [6.07, 6.45) is -4.82. The minimum absolute atomic E-state index is 0.151. The molecule has 0 saturated heterocycles. The van der Waals surface area contributed by atoms with Crippen LogP contribution in [0.3, 0.4) is 0 Å². The molecule has 1 rings (SSSR count). The Kier molecular flexibility index (Phi) is 3.89. The van der Waals surface area contributed by atoms with Crippen molar-refractivity contribution in [2.45, 2.75) is 6.36 Å². The van der Waals surface area contributed by atoms with Gasteiger partial charge >= 0.3 is 6.36 Å². The number of methoxy groups -OCH3 is 1. The van der Waals surface area contributed by atoms with Crippen LogP contribution in [-0.4, -0.2) is 25.9 Å². The standard InChI is InChI=1S/C10H9F3O3/c1-15-6-8(14)7-4-2-3-5-9(7)16-10(11,12)13/h2-5H,6H2,1H3. The fourth-order valence-electron chi connectivity index (χ4n) is 1.12. The molecular formula is C10H9F3O3. The monoisotopic (exact) mass is 234 g/mol. The van der Waals surface area contributed by atoms with Crippen LogP contribution in [0.1, 0.15) is 10.4 Å². The zero-order valence-corrected chi connectivity index (χ0v) is 8.38. The summed E-state index contributed by atoms with van der Waals surface area (Å²) < 4.78 is 44.3. The second-order valence-electron chi connectivity index (χ2n) is 2.90. The molecule has 0 amide bonds. The van der Waals surface area contributed by atoms with Gasteiger partial charge in [0.1, 0.15) is 12.4 Å². The van der Waals surface area contributed by atoms with E-state index in [1.807, 2.05) is 0 Å². The summed E-state index contributed by atoms with van der Waals surface area (Å²) >= 11 is 0. The molecule has 0 N–H and O–H groups in total. The number of carbonyl (C=O) groups excluding carboxylic acids is 1. The van der Waals surface area contributed by atoms with Crippen molar-refractivity contribution in [1.29, 1.82) is 0 Å². The molecule has 0 aliphatic heterocycles. The van der Waals surface area contributed by atoms with Crippen LogP contribution in [0.5, 0.6) is 5.75 Å². The first-order chi connectivity index (χ1) is 7.44. The van der Waals surface area contributed by atoms with Gasteiger partial charge in [0, 0.05) is 7.11 Å². The van der Waals surface area contributed by atoms with Crippen molar-refractivity contribution < 1.29 is 27.4 Å². The van der Waals surface area contributed by atoms with Crippen LogP contribution in [0.15, 0.2) is 24.3 Å². The Morgan fingerprint density at radius 2 is 1.94 bits per heavy atom. The highest BCUT2D eigenvalue weighted by Gasteiger charge is 2.32. The van der Waals surface area contributed by atoms with E-state index in [0.717, 1.165) is 6.07 Å². The summed E-state index contributed by atoms with van der Waals surface area (Å²) in [6, 6.07) is 5.13. The second-order valence-corrected chi connectivity index (χ2v) is 2.90. The average molecular weight is 234 g/mol. The van der Waals surface area contributed by atoms with Crippen molar-refractivity contribution in [2.24, 2.45) is 0 Å². The number of hydrogen-bond acceptors (Lipinski definition) is 3. The van der Waals surface area contributed by atoms with Crippen LogP contribution in [0, 0.1) is 0 Å². The van der Waals surface area contributed by atoms with Gasteiger partial charge in [-0.3, -0.25) is 4.79 Å². The van der Waals surface area contributed by atoms with E-state index in [4.69, 9.17) is 0 Å². The molecule has 3 nitrogen and oxygen atoms in total. The van der Waals surface area contributed by atoms with Gasteiger partial charge in [-0.15, -0.1) is 13.2 Å². The Hall–Kier alpha value is -1.56. The molecule has 88 valence electrons. The maximum atomic E-state index is 12.0. The van der Waals surface area contributed by atoms with E-state index in [2.05, 4.69) is 9.47 Å². The van der Waals surface area contributed by atoms with Crippen molar-refractivity contribution in [1.82, 2.24) is 0 Å². The van der Waals surface area contributed by atoms with Crippen LogP contribution >= 0.6 is 0 Å². The number of Topliss-reactive ketones (excluding diaryl/α,β-unsaturated/α-hetero) is 1. The number of benzene rings is 1. The third-order valence-corrected chi connectivity index (χ3v) is 1.69. The Morgan fingerprint density at radius 3 is 2.50 bits per heavy atom. The van der Waals surface area contributed by atoms with Crippen LogP contribution < -0.4 is 4.74 Å². The summed E-state index contributed by atoms with van der Waals surface area (Å²) in [5.41, 5.74) is -0.151. The summed E-state index contributed by atoms with van der Waals surface area (Å²) in [5.74, 6) is -1.08. The second kappa shape index (κ2) is 4.98. The lowest BCUT2D eigenvalue weighted by atomic mass is 10.1. The number of halogens is 3. The molecule has 0 unspecified atom stereocenters. The fourth-order valence-corrected chi connectivity index (χ4v) is 1.12. The maximum Gasteiger partial charge on any atom is 0.573 e.